The number of benzene rings is 2. The van der Waals surface area contributed by atoms with E-state index in [1.807, 2.05) is 6.07 Å². The minimum absolute atomic E-state index is 0.107. The third kappa shape index (κ3) is 5.66. The summed E-state index contributed by atoms with van der Waals surface area (Å²) in [6.07, 6.45) is 3.87. The van der Waals surface area contributed by atoms with Crippen LogP contribution in [-0.4, -0.2) is 61.6 Å². The summed E-state index contributed by atoms with van der Waals surface area (Å²) in [5.41, 5.74) is 1.23. The van der Waals surface area contributed by atoms with Gasteiger partial charge in [0.1, 0.15) is 11.5 Å². The molecule has 3 rings (SSSR count). The van der Waals surface area contributed by atoms with Crippen LogP contribution in [0.4, 0.5) is 0 Å². The van der Waals surface area contributed by atoms with Crippen LogP contribution in [0.1, 0.15) is 28.8 Å². The first-order chi connectivity index (χ1) is 15.5. The van der Waals surface area contributed by atoms with Gasteiger partial charge < -0.3 is 14.8 Å². The number of methoxy groups -OCH3 is 2. The van der Waals surface area contributed by atoms with E-state index in [0.29, 0.717) is 42.1 Å². The van der Waals surface area contributed by atoms with Crippen LogP contribution in [0.15, 0.2) is 54.6 Å². The Balaban J connectivity index is 1.57. The molecule has 0 atom stereocenters. The maximum Gasteiger partial charge on any atom is 0.265 e. The molecule has 0 unspecified atom stereocenters. The molecule has 32 heavy (non-hydrogen) atoms. The largest absolute Gasteiger partial charge is 0.497 e. The standard InChI is InChI=1S/C24H27N3O5/c1-31-20-10-11-21(32-2)19(17-20)9-12-22(28)26-15-6-16-27(26)23(29)13-14-25-24(30)18-7-4-3-5-8-18/h3-5,7-12,17H,6,13-16H2,1-2H3,(H,25,30)/b12-9+. The fraction of sp³-hybridized carbons (Fsp3) is 0.292. The van der Waals surface area contributed by atoms with Gasteiger partial charge in [-0.3, -0.25) is 19.4 Å². The van der Waals surface area contributed by atoms with Gasteiger partial charge in [0.2, 0.25) is 5.91 Å². The van der Waals surface area contributed by atoms with Crippen molar-refractivity contribution in [3.8, 4) is 11.5 Å². The van der Waals surface area contributed by atoms with Gasteiger partial charge in [-0.15, -0.1) is 0 Å². The van der Waals surface area contributed by atoms with Gasteiger partial charge in [0, 0.05) is 43.3 Å². The Labute approximate surface area is 187 Å². The van der Waals surface area contributed by atoms with Crippen molar-refractivity contribution in [2.45, 2.75) is 12.8 Å². The number of nitrogens with one attached hydrogen (secondary N) is 1. The molecule has 3 amide bonds. The molecule has 1 aliphatic rings. The molecule has 0 bridgehead atoms. The van der Waals surface area contributed by atoms with Crippen LogP contribution < -0.4 is 14.8 Å². The Morgan fingerprint density at radius 3 is 2.47 bits per heavy atom. The van der Waals surface area contributed by atoms with E-state index in [-0.39, 0.29) is 30.7 Å². The molecule has 2 aromatic carbocycles. The Morgan fingerprint density at radius 2 is 1.75 bits per heavy atom. The molecule has 1 N–H and O–H groups in total. The summed E-state index contributed by atoms with van der Waals surface area (Å²) >= 11 is 0. The van der Waals surface area contributed by atoms with Gasteiger partial charge in [-0.05, 0) is 42.8 Å². The third-order valence-electron chi connectivity index (χ3n) is 5.08. The third-order valence-corrected chi connectivity index (χ3v) is 5.08. The van der Waals surface area contributed by atoms with Gasteiger partial charge in [0.05, 0.1) is 14.2 Å². The van der Waals surface area contributed by atoms with Crippen molar-refractivity contribution in [3.05, 3.63) is 65.7 Å². The lowest BCUT2D eigenvalue weighted by Gasteiger charge is -2.27. The fourth-order valence-corrected chi connectivity index (χ4v) is 3.42. The van der Waals surface area contributed by atoms with Crippen molar-refractivity contribution in [1.82, 2.24) is 15.3 Å². The molecule has 0 aromatic heterocycles. The van der Waals surface area contributed by atoms with Crippen molar-refractivity contribution < 1.29 is 23.9 Å². The maximum atomic E-state index is 12.8. The highest BCUT2D eigenvalue weighted by Crippen LogP contribution is 2.25. The van der Waals surface area contributed by atoms with Crippen LogP contribution in [0.2, 0.25) is 0 Å². The van der Waals surface area contributed by atoms with Gasteiger partial charge in [0.15, 0.2) is 0 Å². The number of hydrogen-bond acceptors (Lipinski definition) is 5. The Morgan fingerprint density at radius 1 is 1.00 bits per heavy atom. The summed E-state index contributed by atoms with van der Waals surface area (Å²) < 4.78 is 10.6. The number of hydrogen-bond donors (Lipinski definition) is 1. The van der Waals surface area contributed by atoms with Crippen LogP contribution in [0.3, 0.4) is 0 Å². The average Bonchev–Trinajstić information content (AvgIpc) is 3.33. The number of ether oxygens (including phenoxy) is 2. The molecule has 8 heteroatoms. The van der Waals surface area contributed by atoms with E-state index in [4.69, 9.17) is 9.47 Å². The molecule has 1 heterocycles. The minimum atomic E-state index is -0.297. The predicted octanol–water partition coefficient (Wildman–Crippen LogP) is 2.51. The zero-order chi connectivity index (χ0) is 22.9. The summed E-state index contributed by atoms with van der Waals surface area (Å²) in [5, 5.41) is 5.62. The second kappa shape index (κ2) is 11.0. The monoisotopic (exact) mass is 437 g/mol. The van der Waals surface area contributed by atoms with Gasteiger partial charge >= 0.3 is 0 Å². The Kier molecular flexibility index (Phi) is 7.85. The number of carbonyl (C=O) groups excluding carboxylic acids is 3. The predicted molar refractivity (Wildman–Crippen MR) is 120 cm³/mol. The molecule has 1 saturated heterocycles. The van der Waals surface area contributed by atoms with Gasteiger partial charge in [-0.25, -0.2) is 5.01 Å². The lowest BCUT2D eigenvalue weighted by molar-refractivity contribution is -0.154. The van der Waals surface area contributed by atoms with Crippen molar-refractivity contribution in [1.29, 1.82) is 0 Å². The van der Waals surface area contributed by atoms with E-state index in [9.17, 15) is 14.4 Å². The summed E-state index contributed by atoms with van der Waals surface area (Å²) in [4.78, 5) is 37.5. The first kappa shape index (κ1) is 22.9. The van der Waals surface area contributed by atoms with Crippen LogP contribution in [-0.2, 0) is 9.59 Å². The molecule has 0 radical (unpaired) electrons. The topological polar surface area (TPSA) is 88.2 Å². The van der Waals surface area contributed by atoms with Crippen molar-refractivity contribution in [2.75, 3.05) is 33.9 Å². The average molecular weight is 437 g/mol. The molecular weight excluding hydrogens is 410 g/mol. The molecule has 2 aromatic rings. The zero-order valence-corrected chi connectivity index (χ0v) is 18.2. The van der Waals surface area contributed by atoms with Crippen LogP contribution in [0, 0.1) is 0 Å². The lowest BCUT2D eigenvalue weighted by atomic mass is 10.1. The van der Waals surface area contributed by atoms with E-state index >= 15 is 0 Å². The van der Waals surface area contributed by atoms with Gasteiger partial charge in [-0.2, -0.15) is 0 Å². The second-order valence-corrected chi connectivity index (χ2v) is 7.14. The summed E-state index contributed by atoms with van der Waals surface area (Å²) in [6.45, 7) is 1.12. The van der Waals surface area contributed by atoms with E-state index in [1.165, 1.54) is 16.1 Å². The highest BCUT2D eigenvalue weighted by atomic mass is 16.5. The molecule has 0 saturated carbocycles. The van der Waals surface area contributed by atoms with E-state index in [0.717, 1.165) is 0 Å². The minimum Gasteiger partial charge on any atom is -0.497 e. The SMILES string of the molecule is COc1ccc(OC)c(/C=C/C(=O)N2CCCN2C(=O)CCNC(=O)c2ccccc2)c1. The second-order valence-electron chi connectivity index (χ2n) is 7.14. The number of rotatable bonds is 8. The fourth-order valence-electron chi connectivity index (χ4n) is 3.42. The smallest absolute Gasteiger partial charge is 0.265 e. The quantitative estimate of drug-likeness (QED) is 0.641. The molecule has 8 nitrogen and oxygen atoms in total. The molecule has 1 aliphatic heterocycles. The first-order valence-electron chi connectivity index (χ1n) is 10.4. The van der Waals surface area contributed by atoms with Gasteiger partial charge in [0.25, 0.3) is 11.8 Å². The summed E-state index contributed by atoms with van der Waals surface area (Å²) in [7, 11) is 3.12. The number of amides is 3. The van der Waals surface area contributed by atoms with E-state index < -0.39 is 0 Å². The molecule has 0 spiro atoms. The Hall–Kier alpha value is -3.81. The van der Waals surface area contributed by atoms with E-state index in [2.05, 4.69) is 5.32 Å². The van der Waals surface area contributed by atoms with Crippen LogP contribution >= 0.6 is 0 Å². The van der Waals surface area contributed by atoms with Crippen LogP contribution in [0.25, 0.3) is 6.08 Å². The summed E-state index contributed by atoms with van der Waals surface area (Å²) in [6, 6.07) is 14.1. The van der Waals surface area contributed by atoms with E-state index in [1.54, 1.807) is 62.8 Å². The molecular formula is C24H27N3O5. The zero-order valence-electron chi connectivity index (χ0n) is 18.2. The van der Waals surface area contributed by atoms with Crippen molar-refractivity contribution >= 4 is 23.8 Å². The molecule has 1 fully saturated rings. The van der Waals surface area contributed by atoms with Gasteiger partial charge in [-0.1, -0.05) is 18.2 Å². The number of carbonyl (C=O) groups is 3. The number of hydrazine groups is 1. The summed E-state index contributed by atoms with van der Waals surface area (Å²) in [5.74, 6) is 0.514. The number of nitrogens with zero attached hydrogens (tertiary/aromatic N) is 2. The lowest BCUT2D eigenvalue weighted by Crippen LogP contribution is -2.45. The maximum absolute atomic E-state index is 12.8. The Bertz CT molecular complexity index is 990. The molecule has 0 aliphatic carbocycles. The highest BCUT2D eigenvalue weighted by molar-refractivity contribution is 5.95. The first-order valence-corrected chi connectivity index (χ1v) is 10.4. The van der Waals surface area contributed by atoms with Crippen LogP contribution in [0.5, 0.6) is 11.5 Å². The van der Waals surface area contributed by atoms with Crippen molar-refractivity contribution in [2.24, 2.45) is 0 Å². The normalized spacial score (nSPS) is 13.3. The highest BCUT2D eigenvalue weighted by Gasteiger charge is 2.29. The molecule has 168 valence electrons. The van der Waals surface area contributed by atoms with Crippen molar-refractivity contribution in [3.63, 3.8) is 0 Å².